The van der Waals surface area contributed by atoms with Crippen LogP contribution in [-0.4, -0.2) is 35.1 Å². The topological polar surface area (TPSA) is 28.2 Å². The van der Waals surface area contributed by atoms with Crippen molar-refractivity contribution in [1.82, 2.24) is 15.2 Å². The highest BCUT2D eigenvalue weighted by molar-refractivity contribution is 7.11. The van der Waals surface area contributed by atoms with Gasteiger partial charge in [-0.3, -0.25) is 4.90 Å². The van der Waals surface area contributed by atoms with Crippen LogP contribution in [0.25, 0.3) is 0 Å². The minimum atomic E-state index is 0.450. The molecule has 0 bridgehead atoms. The summed E-state index contributed by atoms with van der Waals surface area (Å²) in [5, 5.41) is 4.95. The molecular formula is C15H27N3S. The Kier molecular flexibility index (Phi) is 5.37. The van der Waals surface area contributed by atoms with Crippen molar-refractivity contribution in [1.29, 1.82) is 0 Å². The number of aromatic nitrogens is 1. The van der Waals surface area contributed by atoms with Crippen LogP contribution in [0.15, 0.2) is 6.20 Å². The smallest absolute Gasteiger partial charge is 0.110 e. The van der Waals surface area contributed by atoms with Gasteiger partial charge in [-0.1, -0.05) is 20.8 Å². The van der Waals surface area contributed by atoms with Crippen molar-refractivity contribution >= 4 is 11.3 Å². The van der Waals surface area contributed by atoms with Gasteiger partial charge < -0.3 is 5.32 Å². The predicted octanol–water partition coefficient (Wildman–Crippen LogP) is 3.23. The molecule has 1 aromatic rings. The summed E-state index contributed by atoms with van der Waals surface area (Å²) in [5.74, 6) is 0. The Labute approximate surface area is 121 Å². The lowest BCUT2D eigenvalue weighted by Gasteiger charge is -2.42. The van der Waals surface area contributed by atoms with Crippen LogP contribution in [0.3, 0.4) is 0 Å². The highest BCUT2D eigenvalue weighted by Crippen LogP contribution is 2.29. The maximum atomic E-state index is 4.64. The first-order valence-corrected chi connectivity index (χ1v) is 8.44. The van der Waals surface area contributed by atoms with Crippen molar-refractivity contribution in [2.45, 2.75) is 65.1 Å². The number of rotatable bonds is 5. The van der Waals surface area contributed by atoms with E-state index in [0.717, 1.165) is 19.5 Å². The molecule has 1 saturated heterocycles. The van der Waals surface area contributed by atoms with E-state index in [1.807, 2.05) is 11.3 Å². The second-order valence-corrected chi connectivity index (χ2v) is 6.61. The van der Waals surface area contributed by atoms with Crippen LogP contribution in [0.5, 0.6) is 0 Å². The molecule has 1 fully saturated rings. The van der Waals surface area contributed by atoms with Crippen LogP contribution in [-0.2, 0) is 6.42 Å². The Morgan fingerprint density at radius 3 is 2.79 bits per heavy atom. The molecule has 1 aromatic heterocycles. The minimum Gasteiger partial charge on any atom is -0.311 e. The van der Waals surface area contributed by atoms with Gasteiger partial charge in [-0.05, 0) is 26.2 Å². The summed E-state index contributed by atoms with van der Waals surface area (Å²) in [7, 11) is 0. The first-order chi connectivity index (χ1) is 9.19. The van der Waals surface area contributed by atoms with Crippen LogP contribution in [0.1, 0.15) is 56.5 Å². The van der Waals surface area contributed by atoms with Crippen LogP contribution in [0.4, 0.5) is 0 Å². The monoisotopic (exact) mass is 281 g/mol. The number of hydrogen-bond donors (Lipinski definition) is 1. The summed E-state index contributed by atoms with van der Waals surface area (Å²) in [6.45, 7) is 11.3. The zero-order valence-electron chi connectivity index (χ0n) is 12.6. The molecule has 4 heteroatoms. The molecule has 3 atom stereocenters. The average molecular weight is 281 g/mol. The van der Waals surface area contributed by atoms with Crippen molar-refractivity contribution < 1.29 is 0 Å². The molecule has 0 aliphatic carbocycles. The molecule has 19 heavy (non-hydrogen) atoms. The molecule has 0 saturated carbocycles. The van der Waals surface area contributed by atoms with E-state index in [-0.39, 0.29) is 0 Å². The first kappa shape index (κ1) is 14.9. The Morgan fingerprint density at radius 2 is 2.21 bits per heavy atom. The van der Waals surface area contributed by atoms with E-state index in [1.165, 1.54) is 22.7 Å². The van der Waals surface area contributed by atoms with Gasteiger partial charge in [-0.2, -0.15) is 0 Å². The van der Waals surface area contributed by atoms with E-state index in [2.05, 4.69) is 49.1 Å². The molecule has 0 amide bonds. The summed E-state index contributed by atoms with van der Waals surface area (Å²) >= 11 is 1.88. The van der Waals surface area contributed by atoms with E-state index < -0.39 is 0 Å². The highest BCUT2D eigenvalue weighted by atomic mass is 32.1. The maximum Gasteiger partial charge on any atom is 0.110 e. The van der Waals surface area contributed by atoms with E-state index in [0.29, 0.717) is 18.1 Å². The number of thiazole rings is 1. The molecule has 0 radical (unpaired) electrons. The zero-order valence-corrected chi connectivity index (χ0v) is 13.5. The first-order valence-electron chi connectivity index (χ1n) is 7.63. The van der Waals surface area contributed by atoms with E-state index in [1.54, 1.807) is 0 Å². The van der Waals surface area contributed by atoms with Gasteiger partial charge in [0.2, 0.25) is 0 Å². The second kappa shape index (κ2) is 6.82. The molecule has 0 spiro atoms. The number of aryl methyl sites for hydroxylation is 1. The third kappa shape index (κ3) is 3.36. The van der Waals surface area contributed by atoms with Gasteiger partial charge in [0.05, 0.1) is 6.04 Å². The molecule has 2 rings (SSSR count). The van der Waals surface area contributed by atoms with Crippen LogP contribution in [0, 0.1) is 0 Å². The summed E-state index contributed by atoms with van der Waals surface area (Å²) in [6.07, 6.45) is 5.56. The van der Waals surface area contributed by atoms with Gasteiger partial charge >= 0.3 is 0 Å². The molecule has 1 aliphatic heterocycles. The van der Waals surface area contributed by atoms with Crippen molar-refractivity contribution in [2.75, 3.05) is 13.1 Å². The van der Waals surface area contributed by atoms with Crippen LogP contribution >= 0.6 is 11.3 Å². The molecule has 3 nitrogen and oxygen atoms in total. The van der Waals surface area contributed by atoms with Crippen LogP contribution < -0.4 is 5.32 Å². The predicted molar refractivity (Wildman–Crippen MR) is 82.8 cm³/mol. The van der Waals surface area contributed by atoms with Gasteiger partial charge in [-0.25, -0.2) is 4.98 Å². The molecule has 3 unspecified atom stereocenters. The molecule has 1 N–H and O–H groups in total. The van der Waals surface area contributed by atoms with Gasteiger partial charge in [0.15, 0.2) is 0 Å². The Morgan fingerprint density at radius 1 is 1.42 bits per heavy atom. The summed E-state index contributed by atoms with van der Waals surface area (Å²) in [5.41, 5.74) is 0. The fourth-order valence-corrected chi connectivity index (χ4v) is 3.77. The van der Waals surface area contributed by atoms with E-state index in [4.69, 9.17) is 0 Å². The molecule has 1 aliphatic rings. The van der Waals surface area contributed by atoms with Crippen molar-refractivity contribution in [3.05, 3.63) is 16.1 Å². The summed E-state index contributed by atoms with van der Waals surface area (Å²) in [4.78, 5) is 8.69. The van der Waals surface area contributed by atoms with Crippen molar-refractivity contribution in [2.24, 2.45) is 0 Å². The molecule has 108 valence electrons. The number of nitrogens with one attached hydrogen (secondary N) is 1. The van der Waals surface area contributed by atoms with Crippen LogP contribution in [0.2, 0.25) is 0 Å². The lowest BCUT2D eigenvalue weighted by molar-refractivity contribution is 0.0849. The minimum absolute atomic E-state index is 0.450. The Hall–Kier alpha value is -0.450. The summed E-state index contributed by atoms with van der Waals surface area (Å²) < 4.78 is 0. The third-order valence-electron chi connectivity index (χ3n) is 4.28. The fraction of sp³-hybridized carbons (Fsp3) is 0.800. The number of nitrogens with zero attached hydrogens (tertiary/aromatic N) is 2. The molecule has 0 aromatic carbocycles. The zero-order chi connectivity index (χ0) is 13.8. The van der Waals surface area contributed by atoms with Gasteiger partial charge in [-0.15, -0.1) is 11.3 Å². The van der Waals surface area contributed by atoms with Gasteiger partial charge in [0.1, 0.15) is 5.01 Å². The standard InChI is InChI=1S/C15H27N3S/c1-5-12-10-18(13(6-2)8-16-12)11(4)15-17-9-14(7-3)19-15/h9,11-13,16H,5-8,10H2,1-4H3. The van der Waals surface area contributed by atoms with Gasteiger partial charge in [0.25, 0.3) is 0 Å². The SMILES string of the molecule is CCc1cnc(C(C)N2CC(CC)NCC2CC)s1. The fourth-order valence-electron chi connectivity index (χ4n) is 2.84. The van der Waals surface area contributed by atoms with Gasteiger partial charge in [0, 0.05) is 36.2 Å². The quantitative estimate of drug-likeness (QED) is 0.898. The second-order valence-electron chi connectivity index (χ2n) is 5.47. The van der Waals surface area contributed by atoms with E-state index in [9.17, 15) is 0 Å². The Balaban J connectivity index is 2.11. The average Bonchev–Trinajstić information content (AvgIpc) is 2.94. The third-order valence-corrected chi connectivity index (χ3v) is 5.59. The number of piperazine rings is 1. The Bertz CT molecular complexity index is 390. The highest BCUT2D eigenvalue weighted by Gasteiger charge is 2.31. The molecule has 2 heterocycles. The maximum absolute atomic E-state index is 4.64. The van der Waals surface area contributed by atoms with Crippen molar-refractivity contribution in [3.8, 4) is 0 Å². The summed E-state index contributed by atoms with van der Waals surface area (Å²) in [6, 6.07) is 1.73. The van der Waals surface area contributed by atoms with Crippen molar-refractivity contribution in [3.63, 3.8) is 0 Å². The van der Waals surface area contributed by atoms with E-state index >= 15 is 0 Å². The lowest BCUT2D eigenvalue weighted by atomic mass is 10.0. The lowest BCUT2D eigenvalue weighted by Crippen LogP contribution is -2.56. The largest absolute Gasteiger partial charge is 0.311 e. The molecular weight excluding hydrogens is 254 g/mol. The normalized spacial score (nSPS) is 26.5. The number of hydrogen-bond acceptors (Lipinski definition) is 4.